The maximum atomic E-state index is 5.60. The highest BCUT2D eigenvalue weighted by Crippen LogP contribution is 2.27. The molecule has 0 aromatic heterocycles. The van der Waals surface area contributed by atoms with Gasteiger partial charge >= 0.3 is 0 Å². The van der Waals surface area contributed by atoms with Gasteiger partial charge in [-0.25, -0.2) is 0 Å². The van der Waals surface area contributed by atoms with E-state index in [0.29, 0.717) is 0 Å². The SMILES string of the molecule is C[C@@H]1CCCCCCC(CCCN)CC1. The van der Waals surface area contributed by atoms with Crippen molar-refractivity contribution in [1.82, 2.24) is 0 Å². The molecule has 15 heavy (non-hydrogen) atoms. The molecule has 0 spiro atoms. The Balaban J connectivity index is 2.26. The van der Waals surface area contributed by atoms with E-state index in [2.05, 4.69) is 6.92 Å². The molecule has 2 N–H and O–H groups in total. The molecule has 0 amide bonds. The molecule has 2 atom stereocenters. The van der Waals surface area contributed by atoms with Gasteiger partial charge in [0.2, 0.25) is 0 Å². The normalized spacial score (nSPS) is 30.0. The summed E-state index contributed by atoms with van der Waals surface area (Å²) in [6, 6.07) is 0. The second-order valence-corrected chi connectivity index (χ2v) is 5.47. The summed E-state index contributed by atoms with van der Waals surface area (Å²) in [5, 5.41) is 0. The molecule has 1 saturated carbocycles. The lowest BCUT2D eigenvalue weighted by molar-refractivity contribution is 0.326. The van der Waals surface area contributed by atoms with E-state index < -0.39 is 0 Å². The van der Waals surface area contributed by atoms with Crippen LogP contribution in [0, 0.1) is 11.8 Å². The number of nitrogens with two attached hydrogens (primary N) is 1. The molecule has 0 aromatic carbocycles. The van der Waals surface area contributed by atoms with Crippen LogP contribution in [0.25, 0.3) is 0 Å². The van der Waals surface area contributed by atoms with Gasteiger partial charge in [-0.1, -0.05) is 58.3 Å². The van der Waals surface area contributed by atoms with Crippen LogP contribution in [0.5, 0.6) is 0 Å². The second kappa shape index (κ2) is 8.15. The van der Waals surface area contributed by atoms with Gasteiger partial charge in [-0.3, -0.25) is 0 Å². The van der Waals surface area contributed by atoms with E-state index in [4.69, 9.17) is 5.73 Å². The molecule has 1 aliphatic rings. The highest BCUT2D eigenvalue weighted by molar-refractivity contribution is 4.65. The van der Waals surface area contributed by atoms with Crippen LogP contribution in [0.1, 0.15) is 71.1 Å². The molecule has 90 valence electrons. The van der Waals surface area contributed by atoms with Gasteiger partial charge in [-0.05, 0) is 31.2 Å². The third kappa shape index (κ3) is 6.19. The average molecular weight is 211 g/mol. The smallest absolute Gasteiger partial charge is 0.00772 e. The minimum absolute atomic E-state index is 0.881. The van der Waals surface area contributed by atoms with Gasteiger partial charge in [0.05, 0.1) is 0 Å². The maximum absolute atomic E-state index is 5.60. The number of hydrogen-bond acceptors (Lipinski definition) is 1. The zero-order valence-corrected chi connectivity index (χ0v) is 10.5. The van der Waals surface area contributed by atoms with Crippen molar-refractivity contribution < 1.29 is 0 Å². The summed E-state index contributed by atoms with van der Waals surface area (Å²) in [6.45, 7) is 3.31. The summed E-state index contributed by atoms with van der Waals surface area (Å²) in [4.78, 5) is 0. The van der Waals surface area contributed by atoms with Gasteiger partial charge in [0, 0.05) is 0 Å². The van der Waals surface area contributed by atoms with E-state index in [1.165, 1.54) is 64.2 Å². The monoisotopic (exact) mass is 211 g/mol. The van der Waals surface area contributed by atoms with Crippen molar-refractivity contribution >= 4 is 0 Å². The Labute approximate surface area is 95.8 Å². The molecule has 1 rings (SSSR count). The Hall–Kier alpha value is -0.0400. The van der Waals surface area contributed by atoms with Crippen LogP contribution in [0.15, 0.2) is 0 Å². The van der Waals surface area contributed by atoms with E-state index in [-0.39, 0.29) is 0 Å². The first-order chi connectivity index (χ1) is 7.33. The molecule has 1 fully saturated rings. The second-order valence-electron chi connectivity index (χ2n) is 5.47. The van der Waals surface area contributed by atoms with Crippen molar-refractivity contribution in [3.8, 4) is 0 Å². The van der Waals surface area contributed by atoms with Crippen molar-refractivity contribution in [2.75, 3.05) is 6.54 Å². The van der Waals surface area contributed by atoms with E-state index >= 15 is 0 Å². The Morgan fingerprint density at radius 1 is 0.933 bits per heavy atom. The van der Waals surface area contributed by atoms with Crippen LogP contribution < -0.4 is 5.73 Å². The van der Waals surface area contributed by atoms with Crippen LogP contribution in [0.4, 0.5) is 0 Å². The van der Waals surface area contributed by atoms with Crippen LogP contribution >= 0.6 is 0 Å². The van der Waals surface area contributed by atoms with Crippen molar-refractivity contribution in [2.45, 2.75) is 71.1 Å². The summed E-state index contributed by atoms with van der Waals surface area (Å²) in [5.41, 5.74) is 5.60. The van der Waals surface area contributed by atoms with Crippen molar-refractivity contribution in [3.63, 3.8) is 0 Å². The summed E-state index contributed by atoms with van der Waals surface area (Å²) >= 11 is 0. The molecule has 0 heterocycles. The van der Waals surface area contributed by atoms with Crippen LogP contribution in [0.3, 0.4) is 0 Å². The van der Waals surface area contributed by atoms with Gasteiger partial charge < -0.3 is 5.73 Å². The molecule has 0 aromatic rings. The summed E-state index contributed by atoms with van der Waals surface area (Å²) in [6.07, 6.45) is 14.3. The van der Waals surface area contributed by atoms with Crippen molar-refractivity contribution in [2.24, 2.45) is 17.6 Å². The molecule has 0 radical (unpaired) electrons. The predicted octanol–water partition coefficient (Wildman–Crippen LogP) is 4.11. The fourth-order valence-electron chi connectivity index (χ4n) is 2.78. The van der Waals surface area contributed by atoms with Crippen molar-refractivity contribution in [3.05, 3.63) is 0 Å². The highest BCUT2D eigenvalue weighted by Gasteiger charge is 2.12. The van der Waals surface area contributed by atoms with E-state index in [1.807, 2.05) is 0 Å². The molecule has 0 aliphatic heterocycles. The Morgan fingerprint density at radius 2 is 1.67 bits per heavy atom. The molecule has 1 heteroatoms. The predicted molar refractivity (Wildman–Crippen MR) is 67.9 cm³/mol. The summed E-state index contributed by atoms with van der Waals surface area (Å²) in [5.74, 6) is 1.94. The fraction of sp³-hybridized carbons (Fsp3) is 1.00. The number of hydrogen-bond donors (Lipinski definition) is 1. The van der Waals surface area contributed by atoms with Crippen LogP contribution in [-0.2, 0) is 0 Å². The van der Waals surface area contributed by atoms with Gasteiger partial charge in [-0.2, -0.15) is 0 Å². The van der Waals surface area contributed by atoms with Gasteiger partial charge in [-0.15, -0.1) is 0 Å². The third-order valence-electron chi connectivity index (χ3n) is 3.94. The Morgan fingerprint density at radius 3 is 2.40 bits per heavy atom. The average Bonchev–Trinajstić information content (AvgIpc) is 2.26. The molecular weight excluding hydrogens is 182 g/mol. The maximum Gasteiger partial charge on any atom is -0.00772 e. The highest BCUT2D eigenvalue weighted by atomic mass is 14.5. The van der Waals surface area contributed by atoms with Crippen molar-refractivity contribution in [1.29, 1.82) is 0 Å². The zero-order valence-electron chi connectivity index (χ0n) is 10.5. The zero-order chi connectivity index (χ0) is 10.9. The number of rotatable bonds is 3. The van der Waals surface area contributed by atoms with Gasteiger partial charge in [0.1, 0.15) is 0 Å². The largest absolute Gasteiger partial charge is 0.330 e. The van der Waals surface area contributed by atoms with Gasteiger partial charge in [0.25, 0.3) is 0 Å². The lowest BCUT2D eigenvalue weighted by Crippen LogP contribution is -2.09. The van der Waals surface area contributed by atoms with Crippen LogP contribution in [-0.4, -0.2) is 6.54 Å². The first-order valence-corrected chi connectivity index (χ1v) is 7.03. The molecular formula is C14H29N. The summed E-state index contributed by atoms with van der Waals surface area (Å²) in [7, 11) is 0. The van der Waals surface area contributed by atoms with E-state index in [9.17, 15) is 0 Å². The lowest BCUT2D eigenvalue weighted by atomic mass is 9.86. The summed E-state index contributed by atoms with van der Waals surface area (Å²) < 4.78 is 0. The molecule has 0 bridgehead atoms. The minimum Gasteiger partial charge on any atom is -0.330 e. The van der Waals surface area contributed by atoms with E-state index in [0.717, 1.165) is 18.4 Å². The minimum atomic E-state index is 0.881. The lowest BCUT2D eigenvalue weighted by Gasteiger charge is -2.21. The first-order valence-electron chi connectivity index (χ1n) is 7.03. The molecule has 1 nitrogen and oxygen atoms in total. The molecule has 1 aliphatic carbocycles. The Bertz CT molecular complexity index is 144. The first kappa shape index (κ1) is 13.0. The standard InChI is InChI=1S/C14H29N/c1-13-7-4-2-3-5-8-14(11-10-13)9-6-12-15/h13-14H,2-12,15H2,1H3/t13-,14?/m1/s1. The van der Waals surface area contributed by atoms with E-state index in [1.54, 1.807) is 0 Å². The van der Waals surface area contributed by atoms with Gasteiger partial charge in [0.15, 0.2) is 0 Å². The third-order valence-corrected chi connectivity index (χ3v) is 3.94. The van der Waals surface area contributed by atoms with Crippen LogP contribution in [0.2, 0.25) is 0 Å². The Kier molecular flexibility index (Phi) is 7.08. The molecule has 0 saturated heterocycles. The fourth-order valence-corrected chi connectivity index (χ4v) is 2.78. The quantitative estimate of drug-likeness (QED) is 0.747. The molecule has 1 unspecified atom stereocenters. The topological polar surface area (TPSA) is 26.0 Å².